The molecule has 0 N–H and O–H groups in total. The van der Waals surface area contributed by atoms with E-state index in [2.05, 4.69) is 13.8 Å². The molecule has 4 nitrogen and oxygen atoms in total. The second-order valence-corrected chi connectivity index (χ2v) is 12.5. The van der Waals surface area contributed by atoms with E-state index in [-0.39, 0.29) is 21.8 Å². The first-order valence-electron chi connectivity index (χ1n) is 11.9. The number of hydrogen-bond acceptors (Lipinski definition) is 4. The summed E-state index contributed by atoms with van der Waals surface area (Å²) < 4.78 is 32.0. The zero-order chi connectivity index (χ0) is 22.0. The van der Waals surface area contributed by atoms with Gasteiger partial charge in [-0.25, -0.2) is 0 Å². The second-order valence-electron chi connectivity index (χ2n) is 10.9. The van der Waals surface area contributed by atoms with Gasteiger partial charge in [-0.05, 0) is 98.7 Å². The predicted molar refractivity (Wildman–Crippen MR) is 120 cm³/mol. The third kappa shape index (κ3) is 3.34. The van der Waals surface area contributed by atoms with Gasteiger partial charge < -0.3 is 0 Å². The summed E-state index contributed by atoms with van der Waals surface area (Å²) in [6, 6.07) is 6.94. The van der Waals surface area contributed by atoms with Crippen molar-refractivity contribution in [1.82, 2.24) is 0 Å². The zero-order valence-corrected chi connectivity index (χ0v) is 19.7. The summed E-state index contributed by atoms with van der Waals surface area (Å²) in [6.07, 6.45) is 9.45. The summed E-state index contributed by atoms with van der Waals surface area (Å²) in [5.74, 6) is 2.00. The molecule has 0 heterocycles. The molecular formula is C26H34O4S. The van der Waals surface area contributed by atoms with Crippen LogP contribution in [0.25, 0.3) is 0 Å². The number of hydrogen-bond donors (Lipinski definition) is 0. The number of rotatable bonds is 3. The van der Waals surface area contributed by atoms with Gasteiger partial charge in [-0.15, -0.1) is 0 Å². The SMILES string of the molecule is Cc1ccc(S(=O)(=O)OC2CCC3C4CCC5=CC(=O)CCC5(C)C4CCC23C)cc1. The molecule has 3 fully saturated rings. The molecule has 0 amide bonds. The number of fused-ring (bicyclic) bond motifs is 5. The Hall–Kier alpha value is -1.46. The Morgan fingerprint density at radius 1 is 0.935 bits per heavy atom. The first-order valence-corrected chi connectivity index (χ1v) is 13.3. The molecule has 3 saturated carbocycles. The third-order valence-electron chi connectivity index (χ3n) is 9.43. The molecule has 31 heavy (non-hydrogen) atoms. The normalized spacial score (nSPS) is 40.0. The highest BCUT2D eigenvalue weighted by Crippen LogP contribution is 2.65. The van der Waals surface area contributed by atoms with Gasteiger partial charge in [0, 0.05) is 6.42 Å². The molecular weight excluding hydrogens is 408 g/mol. The van der Waals surface area contributed by atoms with E-state index in [1.165, 1.54) is 5.57 Å². The topological polar surface area (TPSA) is 60.4 Å². The van der Waals surface area contributed by atoms with Crippen molar-refractivity contribution in [3.05, 3.63) is 41.5 Å². The van der Waals surface area contributed by atoms with Crippen LogP contribution in [0, 0.1) is 35.5 Å². The Kier molecular flexibility index (Phi) is 5.02. The van der Waals surface area contributed by atoms with E-state index >= 15 is 0 Å². The molecule has 168 valence electrons. The molecule has 6 atom stereocenters. The van der Waals surface area contributed by atoms with E-state index in [9.17, 15) is 13.2 Å². The Bertz CT molecular complexity index is 1020. The van der Waals surface area contributed by atoms with Crippen molar-refractivity contribution in [3.63, 3.8) is 0 Å². The minimum Gasteiger partial charge on any atom is -0.295 e. The van der Waals surface area contributed by atoms with Gasteiger partial charge in [0.25, 0.3) is 10.1 Å². The van der Waals surface area contributed by atoms with Crippen molar-refractivity contribution in [2.75, 3.05) is 0 Å². The molecule has 0 saturated heterocycles. The van der Waals surface area contributed by atoms with E-state index in [1.54, 1.807) is 12.1 Å². The lowest BCUT2D eigenvalue weighted by molar-refractivity contribution is -0.117. The van der Waals surface area contributed by atoms with Crippen molar-refractivity contribution < 1.29 is 17.4 Å². The van der Waals surface area contributed by atoms with Gasteiger partial charge in [0.15, 0.2) is 5.78 Å². The minimum atomic E-state index is -3.76. The molecule has 0 aliphatic heterocycles. The second kappa shape index (κ2) is 7.28. The summed E-state index contributed by atoms with van der Waals surface area (Å²) >= 11 is 0. The van der Waals surface area contributed by atoms with Gasteiger partial charge in [0.05, 0.1) is 11.0 Å². The van der Waals surface area contributed by atoms with Crippen LogP contribution in [0.2, 0.25) is 0 Å². The molecule has 4 aliphatic carbocycles. The Balaban J connectivity index is 1.39. The Morgan fingerprint density at radius 3 is 2.42 bits per heavy atom. The lowest BCUT2D eigenvalue weighted by Gasteiger charge is -2.57. The van der Waals surface area contributed by atoms with E-state index in [0.717, 1.165) is 50.5 Å². The molecule has 0 spiro atoms. The number of aryl methyl sites for hydroxylation is 1. The minimum absolute atomic E-state index is 0.0962. The van der Waals surface area contributed by atoms with Crippen LogP contribution in [0.5, 0.6) is 0 Å². The van der Waals surface area contributed by atoms with Crippen LogP contribution < -0.4 is 0 Å². The maximum atomic E-state index is 13.0. The maximum Gasteiger partial charge on any atom is 0.297 e. The maximum absolute atomic E-state index is 13.0. The predicted octanol–water partition coefficient (Wildman–Crippen LogP) is 5.60. The summed E-state index contributed by atoms with van der Waals surface area (Å²) in [7, 11) is -3.76. The highest BCUT2D eigenvalue weighted by Gasteiger charge is 2.60. The lowest BCUT2D eigenvalue weighted by Crippen LogP contribution is -2.51. The van der Waals surface area contributed by atoms with Crippen LogP contribution in [0.1, 0.15) is 70.8 Å². The molecule has 0 radical (unpaired) electrons. The van der Waals surface area contributed by atoms with Crippen molar-refractivity contribution in [2.45, 2.75) is 83.1 Å². The molecule has 6 unspecified atom stereocenters. The van der Waals surface area contributed by atoms with E-state index in [1.807, 2.05) is 25.1 Å². The lowest BCUT2D eigenvalue weighted by atomic mass is 9.47. The van der Waals surface area contributed by atoms with Crippen molar-refractivity contribution in [3.8, 4) is 0 Å². The average Bonchev–Trinajstić information content (AvgIpc) is 3.04. The van der Waals surface area contributed by atoms with E-state index in [4.69, 9.17) is 4.18 Å². The Morgan fingerprint density at radius 2 is 1.68 bits per heavy atom. The van der Waals surface area contributed by atoms with Gasteiger partial charge in [-0.3, -0.25) is 8.98 Å². The molecule has 0 bridgehead atoms. The van der Waals surface area contributed by atoms with Crippen LogP contribution in [-0.4, -0.2) is 20.3 Å². The van der Waals surface area contributed by atoms with Crippen LogP contribution in [0.3, 0.4) is 0 Å². The molecule has 5 rings (SSSR count). The van der Waals surface area contributed by atoms with Crippen molar-refractivity contribution in [2.24, 2.45) is 28.6 Å². The van der Waals surface area contributed by atoms with Gasteiger partial charge in [-0.2, -0.15) is 8.42 Å². The summed E-state index contributed by atoms with van der Waals surface area (Å²) in [4.78, 5) is 12.3. The summed E-state index contributed by atoms with van der Waals surface area (Å²) in [6.45, 7) is 6.61. The molecule has 0 aromatic heterocycles. The number of allylic oxidation sites excluding steroid dienone is 1. The molecule has 5 heteroatoms. The average molecular weight is 443 g/mol. The standard InChI is InChI=1S/C26H34O4S/c1-17-4-7-20(8-5-17)31(28,29)30-24-11-10-22-21-9-6-18-16-19(27)12-14-25(18,2)23(21)13-15-26(22,24)3/h4-5,7-8,16,21-24H,6,9-15H2,1-3H3. The fourth-order valence-corrected chi connectivity index (χ4v) is 8.79. The first-order chi connectivity index (χ1) is 14.6. The van der Waals surface area contributed by atoms with Gasteiger partial charge in [0.2, 0.25) is 0 Å². The highest BCUT2D eigenvalue weighted by atomic mass is 32.2. The smallest absolute Gasteiger partial charge is 0.295 e. The molecule has 1 aromatic rings. The number of carbonyl (C=O) groups excluding carboxylic acids is 1. The zero-order valence-electron chi connectivity index (χ0n) is 18.9. The van der Waals surface area contributed by atoms with Crippen LogP contribution >= 0.6 is 0 Å². The number of ketones is 1. The van der Waals surface area contributed by atoms with E-state index < -0.39 is 10.1 Å². The van der Waals surface area contributed by atoms with Crippen LogP contribution in [0.15, 0.2) is 40.8 Å². The fourth-order valence-electron chi connectivity index (χ4n) is 7.58. The molecule has 4 aliphatic rings. The van der Waals surface area contributed by atoms with Crippen molar-refractivity contribution in [1.29, 1.82) is 0 Å². The quantitative estimate of drug-likeness (QED) is 0.572. The number of carbonyl (C=O) groups is 1. The van der Waals surface area contributed by atoms with Gasteiger partial charge in [-0.1, -0.05) is 37.1 Å². The van der Waals surface area contributed by atoms with Gasteiger partial charge >= 0.3 is 0 Å². The first kappa shape index (κ1) is 21.4. The molecule has 1 aromatic carbocycles. The largest absolute Gasteiger partial charge is 0.297 e. The third-order valence-corrected chi connectivity index (χ3v) is 10.8. The Labute approximate surface area is 186 Å². The van der Waals surface area contributed by atoms with E-state index in [0.29, 0.717) is 30.0 Å². The summed E-state index contributed by atoms with van der Waals surface area (Å²) in [5, 5.41) is 0. The summed E-state index contributed by atoms with van der Waals surface area (Å²) in [5.41, 5.74) is 2.46. The van der Waals surface area contributed by atoms with Crippen LogP contribution in [0.4, 0.5) is 0 Å². The van der Waals surface area contributed by atoms with Gasteiger partial charge in [0.1, 0.15) is 0 Å². The van der Waals surface area contributed by atoms with Crippen molar-refractivity contribution >= 4 is 15.9 Å². The fraction of sp³-hybridized carbons (Fsp3) is 0.654. The van der Waals surface area contributed by atoms with Crippen LogP contribution in [-0.2, 0) is 19.1 Å². The highest BCUT2D eigenvalue weighted by molar-refractivity contribution is 7.86. The monoisotopic (exact) mass is 442 g/mol. The number of benzene rings is 1.